The van der Waals surface area contributed by atoms with E-state index in [2.05, 4.69) is 31.0 Å². The first-order chi connectivity index (χ1) is 9.88. The molecule has 122 valence electrons. The Morgan fingerprint density at radius 1 is 1.14 bits per heavy atom. The molecule has 0 aromatic carbocycles. The molecule has 21 heavy (non-hydrogen) atoms. The van der Waals surface area contributed by atoms with Crippen molar-refractivity contribution in [2.75, 3.05) is 39.8 Å². The van der Waals surface area contributed by atoms with Crippen molar-refractivity contribution in [2.45, 2.75) is 52.5 Å². The Bertz CT molecular complexity index is 336. The first-order valence-electron chi connectivity index (χ1n) is 8.56. The Morgan fingerprint density at radius 2 is 1.71 bits per heavy atom. The zero-order chi connectivity index (χ0) is 15.5. The van der Waals surface area contributed by atoms with Crippen molar-refractivity contribution in [3.8, 4) is 0 Å². The van der Waals surface area contributed by atoms with Gasteiger partial charge in [0.1, 0.15) is 0 Å². The smallest absolute Gasteiger partial charge is 0.236 e. The number of carbonyl (C=O) groups is 1. The van der Waals surface area contributed by atoms with E-state index >= 15 is 0 Å². The molecule has 2 aliphatic rings. The average Bonchev–Trinajstić information content (AvgIpc) is 2.47. The average molecular weight is 295 g/mol. The molecular formula is C17H33N3O. The van der Waals surface area contributed by atoms with E-state index in [9.17, 15) is 4.79 Å². The number of nitrogens with one attached hydrogen (secondary N) is 1. The number of piperidine rings is 2. The predicted octanol–water partition coefficient (Wildman–Crippen LogP) is 1.95. The lowest BCUT2D eigenvalue weighted by Gasteiger charge is -2.39. The number of rotatable bonds is 3. The number of likely N-dealkylation sites (N-methyl/N-ethyl adjacent to an activating group) is 1. The van der Waals surface area contributed by atoms with Crippen LogP contribution in [0.1, 0.15) is 46.5 Å². The summed E-state index contributed by atoms with van der Waals surface area (Å²) in [6, 6.07) is 0.436. The van der Waals surface area contributed by atoms with Crippen LogP contribution < -0.4 is 5.32 Å². The van der Waals surface area contributed by atoms with Gasteiger partial charge < -0.3 is 10.2 Å². The second-order valence-corrected chi connectivity index (χ2v) is 7.90. The molecule has 1 N–H and O–H groups in total. The van der Waals surface area contributed by atoms with Gasteiger partial charge in [0.05, 0.1) is 6.54 Å². The lowest BCUT2D eigenvalue weighted by Crippen LogP contribution is -2.49. The molecule has 0 unspecified atom stereocenters. The summed E-state index contributed by atoms with van der Waals surface area (Å²) in [6.07, 6.45) is 4.64. The molecule has 0 aliphatic carbocycles. The van der Waals surface area contributed by atoms with Crippen molar-refractivity contribution in [1.29, 1.82) is 0 Å². The summed E-state index contributed by atoms with van der Waals surface area (Å²) in [5.74, 6) is 1.10. The van der Waals surface area contributed by atoms with Crippen LogP contribution in [0.3, 0.4) is 0 Å². The van der Waals surface area contributed by atoms with Crippen LogP contribution in [-0.4, -0.2) is 61.5 Å². The first kappa shape index (κ1) is 16.8. The topological polar surface area (TPSA) is 35.6 Å². The van der Waals surface area contributed by atoms with E-state index in [1.165, 1.54) is 12.8 Å². The van der Waals surface area contributed by atoms with Crippen LogP contribution in [0.4, 0.5) is 0 Å². The van der Waals surface area contributed by atoms with Crippen LogP contribution in [0, 0.1) is 11.3 Å². The van der Waals surface area contributed by atoms with Crippen LogP contribution in [0.5, 0.6) is 0 Å². The van der Waals surface area contributed by atoms with Crippen molar-refractivity contribution in [2.24, 2.45) is 11.3 Å². The summed E-state index contributed by atoms with van der Waals surface area (Å²) in [5.41, 5.74) is 0.405. The Hall–Kier alpha value is -0.610. The van der Waals surface area contributed by atoms with Crippen molar-refractivity contribution >= 4 is 5.91 Å². The van der Waals surface area contributed by atoms with Gasteiger partial charge in [0.15, 0.2) is 0 Å². The van der Waals surface area contributed by atoms with Gasteiger partial charge in [-0.05, 0) is 63.2 Å². The molecule has 0 spiro atoms. The fourth-order valence-electron chi connectivity index (χ4n) is 3.66. The molecule has 0 radical (unpaired) electrons. The monoisotopic (exact) mass is 295 g/mol. The summed E-state index contributed by atoms with van der Waals surface area (Å²) in [4.78, 5) is 16.8. The van der Waals surface area contributed by atoms with Gasteiger partial charge >= 0.3 is 0 Å². The fraction of sp³-hybridized carbons (Fsp3) is 0.941. The maximum absolute atomic E-state index is 12.5. The zero-order valence-electron chi connectivity index (χ0n) is 14.3. The molecule has 1 amide bonds. The summed E-state index contributed by atoms with van der Waals surface area (Å²) >= 11 is 0. The molecule has 0 saturated carbocycles. The summed E-state index contributed by atoms with van der Waals surface area (Å²) in [6.45, 7) is 11.9. The van der Waals surface area contributed by atoms with Gasteiger partial charge in [-0.25, -0.2) is 0 Å². The minimum absolute atomic E-state index is 0.302. The molecular weight excluding hydrogens is 262 g/mol. The van der Waals surface area contributed by atoms with Gasteiger partial charge in [0.25, 0.3) is 0 Å². The third-order valence-corrected chi connectivity index (χ3v) is 5.42. The van der Waals surface area contributed by atoms with E-state index in [4.69, 9.17) is 0 Å². The Kier molecular flexibility index (Phi) is 5.67. The number of hydrogen-bond donors (Lipinski definition) is 1. The lowest BCUT2D eigenvalue weighted by molar-refractivity contribution is -0.134. The Morgan fingerprint density at radius 3 is 2.24 bits per heavy atom. The molecule has 4 heteroatoms. The summed E-state index contributed by atoms with van der Waals surface area (Å²) in [7, 11) is 1.99. The highest BCUT2D eigenvalue weighted by Gasteiger charge is 2.30. The highest BCUT2D eigenvalue weighted by Crippen LogP contribution is 2.34. The molecule has 2 rings (SSSR count). The number of hydrogen-bond acceptors (Lipinski definition) is 3. The third-order valence-electron chi connectivity index (χ3n) is 5.42. The van der Waals surface area contributed by atoms with Crippen molar-refractivity contribution in [1.82, 2.24) is 15.1 Å². The number of nitrogens with zero attached hydrogens (tertiary/aromatic N) is 2. The largest absolute Gasteiger partial charge is 0.342 e. The molecule has 2 fully saturated rings. The van der Waals surface area contributed by atoms with Crippen molar-refractivity contribution in [3.63, 3.8) is 0 Å². The van der Waals surface area contributed by atoms with Gasteiger partial charge in [-0.1, -0.05) is 20.8 Å². The molecule has 2 saturated heterocycles. The van der Waals surface area contributed by atoms with Crippen LogP contribution in [0.25, 0.3) is 0 Å². The van der Waals surface area contributed by atoms with E-state index in [1.54, 1.807) is 0 Å². The third kappa shape index (κ3) is 4.68. The summed E-state index contributed by atoms with van der Waals surface area (Å²) < 4.78 is 0. The van der Waals surface area contributed by atoms with E-state index < -0.39 is 0 Å². The van der Waals surface area contributed by atoms with E-state index in [0.29, 0.717) is 23.9 Å². The molecule has 0 aromatic rings. The normalized spacial score (nSPS) is 23.2. The zero-order valence-corrected chi connectivity index (χ0v) is 14.3. The maximum Gasteiger partial charge on any atom is 0.236 e. The van der Waals surface area contributed by atoms with Crippen LogP contribution >= 0.6 is 0 Å². The standard InChI is InChI=1S/C17H33N3O/c1-17(2,3)14-7-11-20(12-8-14)13-16(21)19(4)15-5-9-18-10-6-15/h14-15,18H,5-13H2,1-4H3. The van der Waals surface area contributed by atoms with E-state index in [-0.39, 0.29) is 0 Å². The minimum atomic E-state index is 0.302. The van der Waals surface area contributed by atoms with Crippen LogP contribution in [0.15, 0.2) is 0 Å². The lowest BCUT2D eigenvalue weighted by atomic mass is 9.75. The van der Waals surface area contributed by atoms with Gasteiger partial charge in [0, 0.05) is 13.1 Å². The minimum Gasteiger partial charge on any atom is -0.342 e. The Labute approximate surface area is 130 Å². The second-order valence-electron chi connectivity index (χ2n) is 7.90. The number of amides is 1. The molecule has 2 heterocycles. The maximum atomic E-state index is 12.5. The molecule has 0 aromatic heterocycles. The molecule has 0 atom stereocenters. The van der Waals surface area contributed by atoms with E-state index in [1.807, 2.05) is 11.9 Å². The van der Waals surface area contributed by atoms with Gasteiger partial charge in [-0.2, -0.15) is 0 Å². The predicted molar refractivity (Wildman–Crippen MR) is 87.3 cm³/mol. The molecule has 2 aliphatic heterocycles. The number of carbonyl (C=O) groups excluding carboxylic acids is 1. The quantitative estimate of drug-likeness (QED) is 0.864. The second kappa shape index (κ2) is 7.10. The summed E-state index contributed by atoms with van der Waals surface area (Å²) in [5, 5.41) is 3.36. The first-order valence-corrected chi connectivity index (χ1v) is 8.56. The van der Waals surface area contributed by atoms with Gasteiger partial charge in [-0.15, -0.1) is 0 Å². The molecule has 0 bridgehead atoms. The van der Waals surface area contributed by atoms with Crippen LogP contribution in [-0.2, 0) is 4.79 Å². The van der Waals surface area contributed by atoms with Crippen molar-refractivity contribution < 1.29 is 4.79 Å². The highest BCUT2D eigenvalue weighted by atomic mass is 16.2. The van der Waals surface area contributed by atoms with E-state index in [0.717, 1.165) is 44.9 Å². The number of likely N-dealkylation sites (tertiary alicyclic amines) is 1. The highest BCUT2D eigenvalue weighted by molar-refractivity contribution is 5.78. The molecule has 4 nitrogen and oxygen atoms in total. The fourth-order valence-corrected chi connectivity index (χ4v) is 3.66. The Balaban J connectivity index is 1.76. The van der Waals surface area contributed by atoms with Crippen LogP contribution in [0.2, 0.25) is 0 Å². The van der Waals surface area contributed by atoms with Gasteiger partial charge in [0.2, 0.25) is 5.91 Å². The SMILES string of the molecule is CN(C(=O)CN1CCC(C(C)(C)C)CC1)C1CCNCC1. The van der Waals surface area contributed by atoms with Gasteiger partial charge in [-0.3, -0.25) is 9.69 Å². The van der Waals surface area contributed by atoms with Crippen molar-refractivity contribution in [3.05, 3.63) is 0 Å².